The molecule has 1 aromatic heterocycles. The highest BCUT2D eigenvalue weighted by molar-refractivity contribution is 9.10. The van der Waals surface area contributed by atoms with E-state index in [0.717, 1.165) is 21.4 Å². The van der Waals surface area contributed by atoms with Crippen molar-refractivity contribution in [1.82, 2.24) is 9.97 Å². The Hall–Kier alpha value is -1.75. The fourth-order valence-electron chi connectivity index (χ4n) is 1.80. The lowest BCUT2D eigenvalue weighted by molar-refractivity contribution is 0.102. The molecule has 2 rings (SSSR count). The predicted molar refractivity (Wildman–Crippen MR) is 78.3 cm³/mol. The van der Waals surface area contributed by atoms with E-state index in [9.17, 15) is 4.79 Å². The van der Waals surface area contributed by atoms with Gasteiger partial charge >= 0.3 is 0 Å². The van der Waals surface area contributed by atoms with E-state index in [4.69, 9.17) is 0 Å². The molecule has 0 aliphatic rings. The summed E-state index contributed by atoms with van der Waals surface area (Å²) in [4.78, 5) is 20.6. The van der Waals surface area contributed by atoms with Crippen molar-refractivity contribution in [3.8, 4) is 0 Å². The summed E-state index contributed by atoms with van der Waals surface area (Å²) in [6, 6.07) is 7.37. The van der Waals surface area contributed by atoms with Crippen LogP contribution in [0.15, 0.2) is 28.7 Å². The van der Waals surface area contributed by atoms with Gasteiger partial charge < -0.3 is 0 Å². The van der Waals surface area contributed by atoms with Gasteiger partial charge in [0, 0.05) is 21.4 Å². The Balaban J connectivity index is 2.28. The zero-order valence-electron chi connectivity index (χ0n) is 11.0. The third-order valence-electron chi connectivity index (χ3n) is 2.72. The van der Waals surface area contributed by atoms with Crippen LogP contribution in [-0.2, 0) is 0 Å². The molecule has 1 heterocycles. The van der Waals surface area contributed by atoms with Crippen LogP contribution in [0.1, 0.15) is 27.3 Å². The Morgan fingerprint density at radius 3 is 2.42 bits per heavy atom. The van der Waals surface area contributed by atoms with Gasteiger partial charge in [0.25, 0.3) is 5.91 Å². The van der Waals surface area contributed by atoms with E-state index in [0.29, 0.717) is 11.5 Å². The van der Waals surface area contributed by atoms with Gasteiger partial charge in [-0.3, -0.25) is 10.1 Å². The maximum absolute atomic E-state index is 12.2. The normalized spacial score (nSPS) is 10.3. The summed E-state index contributed by atoms with van der Waals surface area (Å²) < 4.78 is 0.904. The quantitative estimate of drug-likeness (QED) is 0.922. The maximum Gasteiger partial charge on any atom is 0.258 e. The van der Waals surface area contributed by atoms with Crippen molar-refractivity contribution in [2.45, 2.75) is 20.8 Å². The summed E-state index contributed by atoms with van der Waals surface area (Å²) in [5.74, 6) is 0.130. The van der Waals surface area contributed by atoms with Crippen LogP contribution in [0.2, 0.25) is 0 Å². The topological polar surface area (TPSA) is 54.9 Å². The molecule has 98 valence electrons. The van der Waals surface area contributed by atoms with Crippen molar-refractivity contribution in [3.05, 3.63) is 51.3 Å². The third-order valence-corrected chi connectivity index (χ3v) is 3.58. The summed E-state index contributed by atoms with van der Waals surface area (Å²) in [7, 11) is 0. The fraction of sp³-hybridized carbons (Fsp3) is 0.214. The Morgan fingerprint density at radius 2 is 1.79 bits per heavy atom. The Labute approximate surface area is 120 Å². The smallest absolute Gasteiger partial charge is 0.258 e. The number of nitrogens with one attached hydrogen (secondary N) is 1. The molecule has 0 spiro atoms. The molecule has 1 aromatic carbocycles. The van der Waals surface area contributed by atoms with Gasteiger partial charge in [-0.25, -0.2) is 9.97 Å². The highest BCUT2D eigenvalue weighted by Crippen LogP contribution is 2.20. The second-order valence-corrected chi connectivity index (χ2v) is 5.20. The van der Waals surface area contributed by atoms with Crippen molar-refractivity contribution < 1.29 is 4.79 Å². The predicted octanol–water partition coefficient (Wildman–Crippen LogP) is 3.42. The molecule has 0 aliphatic carbocycles. The van der Waals surface area contributed by atoms with Crippen LogP contribution < -0.4 is 5.32 Å². The van der Waals surface area contributed by atoms with Crippen molar-refractivity contribution in [1.29, 1.82) is 0 Å². The van der Waals surface area contributed by atoms with Crippen LogP contribution in [0, 0.1) is 20.8 Å². The first-order valence-electron chi connectivity index (χ1n) is 5.86. The number of carbonyl (C=O) groups excluding carboxylic acids is 1. The molecular formula is C14H14BrN3O. The maximum atomic E-state index is 12.2. The molecule has 19 heavy (non-hydrogen) atoms. The molecule has 5 heteroatoms. The van der Waals surface area contributed by atoms with Crippen molar-refractivity contribution in [3.63, 3.8) is 0 Å². The Kier molecular flexibility index (Phi) is 3.95. The largest absolute Gasteiger partial charge is 0.290 e. The highest BCUT2D eigenvalue weighted by Gasteiger charge is 2.12. The van der Waals surface area contributed by atoms with E-state index in [1.165, 1.54) is 0 Å². The van der Waals surface area contributed by atoms with E-state index in [2.05, 4.69) is 31.2 Å². The number of rotatable bonds is 2. The number of aryl methyl sites for hydroxylation is 2. The number of benzene rings is 1. The van der Waals surface area contributed by atoms with Crippen LogP contribution in [0.5, 0.6) is 0 Å². The fourth-order valence-corrected chi connectivity index (χ4v) is 2.17. The number of nitrogens with zero attached hydrogens (tertiary/aromatic N) is 2. The summed E-state index contributed by atoms with van der Waals surface area (Å²) in [5.41, 5.74) is 3.16. The molecule has 1 N–H and O–H groups in total. The van der Waals surface area contributed by atoms with Crippen molar-refractivity contribution >= 4 is 27.8 Å². The Bertz CT molecular complexity index is 620. The first-order valence-corrected chi connectivity index (χ1v) is 6.65. The summed E-state index contributed by atoms with van der Waals surface area (Å²) in [5, 5.41) is 2.73. The molecule has 0 unspecified atom stereocenters. The minimum Gasteiger partial charge on any atom is -0.290 e. The average molecular weight is 320 g/mol. The van der Waals surface area contributed by atoms with Gasteiger partial charge in [0.15, 0.2) is 0 Å². The highest BCUT2D eigenvalue weighted by atomic mass is 79.9. The molecule has 0 aliphatic heterocycles. The first-order chi connectivity index (χ1) is 8.97. The lowest BCUT2D eigenvalue weighted by Gasteiger charge is -2.08. The van der Waals surface area contributed by atoms with E-state index in [1.807, 2.05) is 39.0 Å². The second-order valence-electron chi connectivity index (χ2n) is 4.34. The Morgan fingerprint density at radius 1 is 1.16 bits per heavy atom. The zero-order valence-corrected chi connectivity index (χ0v) is 12.6. The van der Waals surface area contributed by atoms with Crippen LogP contribution in [-0.4, -0.2) is 15.9 Å². The van der Waals surface area contributed by atoms with Crippen LogP contribution in [0.25, 0.3) is 0 Å². The average Bonchev–Trinajstić information content (AvgIpc) is 2.31. The van der Waals surface area contributed by atoms with E-state index < -0.39 is 0 Å². The SMILES string of the molecule is Cc1cc(C)nc(NC(=O)c2cccc(Br)c2C)n1. The number of hydrogen-bond acceptors (Lipinski definition) is 3. The van der Waals surface area contributed by atoms with Gasteiger partial charge in [0.2, 0.25) is 5.95 Å². The van der Waals surface area contributed by atoms with Crippen LogP contribution in [0.3, 0.4) is 0 Å². The number of aromatic nitrogens is 2. The van der Waals surface area contributed by atoms with Gasteiger partial charge in [0.1, 0.15) is 0 Å². The number of halogens is 1. The number of amides is 1. The molecule has 1 amide bonds. The number of carbonyl (C=O) groups is 1. The van der Waals surface area contributed by atoms with Gasteiger partial charge in [-0.1, -0.05) is 22.0 Å². The van der Waals surface area contributed by atoms with Crippen LogP contribution >= 0.6 is 15.9 Å². The van der Waals surface area contributed by atoms with Gasteiger partial charge in [-0.15, -0.1) is 0 Å². The first kappa shape index (κ1) is 13.7. The minimum absolute atomic E-state index is 0.205. The molecule has 0 bridgehead atoms. The lowest BCUT2D eigenvalue weighted by Crippen LogP contribution is -2.16. The van der Waals surface area contributed by atoms with Crippen molar-refractivity contribution in [2.75, 3.05) is 5.32 Å². The molecule has 0 saturated heterocycles. The third kappa shape index (κ3) is 3.17. The van der Waals surface area contributed by atoms with E-state index >= 15 is 0 Å². The summed E-state index contributed by atoms with van der Waals surface area (Å²) >= 11 is 3.41. The molecule has 0 fully saturated rings. The number of anilines is 1. The zero-order chi connectivity index (χ0) is 14.0. The molecule has 0 saturated carbocycles. The molecular weight excluding hydrogens is 306 g/mol. The van der Waals surface area contributed by atoms with Gasteiger partial charge in [-0.2, -0.15) is 0 Å². The molecule has 0 atom stereocenters. The van der Waals surface area contributed by atoms with Gasteiger partial charge in [0.05, 0.1) is 0 Å². The van der Waals surface area contributed by atoms with E-state index in [1.54, 1.807) is 6.07 Å². The molecule has 0 radical (unpaired) electrons. The van der Waals surface area contributed by atoms with E-state index in [-0.39, 0.29) is 5.91 Å². The summed E-state index contributed by atoms with van der Waals surface area (Å²) in [6.07, 6.45) is 0. The van der Waals surface area contributed by atoms with Gasteiger partial charge in [-0.05, 0) is 44.5 Å². The van der Waals surface area contributed by atoms with Crippen molar-refractivity contribution in [2.24, 2.45) is 0 Å². The standard InChI is InChI=1S/C14H14BrN3O/c1-8-7-9(2)17-14(16-8)18-13(19)11-5-4-6-12(15)10(11)3/h4-7H,1-3H3,(H,16,17,18,19). The summed E-state index contributed by atoms with van der Waals surface area (Å²) in [6.45, 7) is 5.63. The van der Waals surface area contributed by atoms with Crippen LogP contribution in [0.4, 0.5) is 5.95 Å². The second kappa shape index (κ2) is 5.48. The number of hydrogen-bond donors (Lipinski definition) is 1. The lowest BCUT2D eigenvalue weighted by atomic mass is 10.1. The molecule has 4 nitrogen and oxygen atoms in total. The monoisotopic (exact) mass is 319 g/mol. The minimum atomic E-state index is -0.205. The molecule has 2 aromatic rings.